The van der Waals surface area contributed by atoms with Crippen molar-refractivity contribution in [2.24, 2.45) is 5.92 Å². The van der Waals surface area contributed by atoms with E-state index in [1.807, 2.05) is 20.8 Å². The number of hydrogen-bond donors (Lipinski definition) is 1. The molecule has 1 nitrogen and oxygen atoms in total. The Labute approximate surface area is 150 Å². The highest BCUT2D eigenvalue weighted by Crippen LogP contribution is 2.51. The number of benzene rings is 1. The molecule has 0 saturated carbocycles. The van der Waals surface area contributed by atoms with Crippen molar-refractivity contribution in [2.75, 3.05) is 0 Å². The van der Waals surface area contributed by atoms with Crippen LogP contribution in [0.4, 0.5) is 26.3 Å². The third-order valence-corrected chi connectivity index (χ3v) is 4.82. The molecule has 1 aromatic rings. The lowest BCUT2D eigenvalue weighted by atomic mass is 9.85. The lowest BCUT2D eigenvalue weighted by molar-refractivity contribution is -0.376. The van der Waals surface area contributed by atoms with E-state index in [-0.39, 0.29) is 9.49 Å². The minimum Gasteiger partial charge on any atom is -0.369 e. The molecule has 8 heteroatoms. The topological polar surface area (TPSA) is 20.2 Å². The van der Waals surface area contributed by atoms with Crippen molar-refractivity contribution in [1.29, 1.82) is 0 Å². The molecule has 138 valence electrons. The van der Waals surface area contributed by atoms with E-state index in [1.54, 1.807) is 0 Å². The van der Waals surface area contributed by atoms with E-state index in [2.05, 4.69) is 0 Å². The molecule has 1 N–H and O–H groups in total. The molecule has 0 heterocycles. The van der Waals surface area contributed by atoms with Crippen molar-refractivity contribution in [3.63, 3.8) is 0 Å². The highest BCUT2D eigenvalue weighted by molar-refractivity contribution is 14.1. The van der Waals surface area contributed by atoms with Gasteiger partial charge in [-0.3, -0.25) is 0 Å². The standard InChI is InChI=1S/C16H19F6IO/c1-4-10(7-9(2)3)11-5-6-12(13(23)8-11)14(24,15(17,18)19)16(20,21)22/h5-6,8-10,24H,4,7H2,1-3H3. The summed E-state index contributed by atoms with van der Waals surface area (Å²) in [7, 11) is 0. The van der Waals surface area contributed by atoms with Crippen LogP contribution in [0.2, 0.25) is 0 Å². The summed E-state index contributed by atoms with van der Waals surface area (Å²) < 4.78 is 77.7. The Bertz CT molecular complexity index is 551. The quantitative estimate of drug-likeness (QED) is 0.407. The Balaban J connectivity index is 3.42. The summed E-state index contributed by atoms with van der Waals surface area (Å²) in [6.45, 7) is 5.90. The van der Waals surface area contributed by atoms with E-state index in [4.69, 9.17) is 0 Å². The predicted molar refractivity (Wildman–Crippen MR) is 87.7 cm³/mol. The van der Waals surface area contributed by atoms with Crippen LogP contribution in [0.25, 0.3) is 0 Å². The molecule has 0 saturated heterocycles. The molecule has 0 aliphatic heterocycles. The lowest BCUT2D eigenvalue weighted by Crippen LogP contribution is -2.54. The normalized spacial score (nSPS) is 15.0. The predicted octanol–water partition coefficient (Wildman–Crippen LogP) is 6.14. The second kappa shape index (κ2) is 7.39. The van der Waals surface area contributed by atoms with Crippen molar-refractivity contribution < 1.29 is 31.4 Å². The highest BCUT2D eigenvalue weighted by atomic mass is 127. The molecule has 24 heavy (non-hydrogen) atoms. The maximum absolute atomic E-state index is 13.0. The van der Waals surface area contributed by atoms with Gasteiger partial charge in [0, 0.05) is 9.13 Å². The summed E-state index contributed by atoms with van der Waals surface area (Å²) in [6, 6.07) is 3.28. The fourth-order valence-corrected chi connectivity index (χ4v) is 3.58. The lowest BCUT2D eigenvalue weighted by Gasteiger charge is -2.33. The van der Waals surface area contributed by atoms with Crippen LogP contribution in [0.15, 0.2) is 18.2 Å². The summed E-state index contributed by atoms with van der Waals surface area (Å²) in [5, 5.41) is 9.51. The highest BCUT2D eigenvalue weighted by Gasteiger charge is 2.71. The molecule has 0 spiro atoms. The van der Waals surface area contributed by atoms with Gasteiger partial charge in [0.05, 0.1) is 0 Å². The zero-order valence-corrected chi connectivity index (χ0v) is 15.6. The molecule has 0 radical (unpaired) electrons. The van der Waals surface area contributed by atoms with Gasteiger partial charge in [-0.15, -0.1) is 0 Å². The summed E-state index contributed by atoms with van der Waals surface area (Å²) in [5.41, 5.74) is -5.40. The third kappa shape index (κ3) is 4.17. The molecule has 0 aliphatic carbocycles. The molecule has 1 aromatic carbocycles. The van der Waals surface area contributed by atoms with E-state index in [0.717, 1.165) is 18.9 Å². The molecule has 0 amide bonds. The second-order valence-corrected chi connectivity index (χ2v) is 7.34. The van der Waals surface area contributed by atoms with Crippen molar-refractivity contribution in [3.8, 4) is 0 Å². The SMILES string of the molecule is CCC(CC(C)C)c1ccc(C(O)(C(F)(F)F)C(F)(F)F)c(I)c1. The molecule has 1 unspecified atom stereocenters. The van der Waals surface area contributed by atoms with Crippen molar-refractivity contribution in [2.45, 2.75) is 57.5 Å². The first kappa shape index (κ1) is 21.5. The number of aliphatic hydroxyl groups is 1. The molecule has 0 bridgehead atoms. The Morgan fingerprint density at radius 2 is 1.54 bits per heavy atom. The van der Waals surface area contributed by atoms with Crippen LogP contribution in [0.5, 0.6) is 0 Å². The van der Waals surface area contributed by atoms with Gasteiger partial charge in [-0.1, -0.05) is 32.9 Å². The summed E-state index contributed by atoms with van der Waals surface area (Å²) >= 11 is 1.41. The van der Waals surface area contributed by atoms with Crippen LogP contribution in [0.3, 0.4) is 0 Å². The van der Waals surface area contributed by atoms with E-state index in [9.17, 15) is 31.4 Å². The first-order chi connectivity index (χ1) is 10.8. The van der Waals surface area contributed by atoms with Gasteiger partial charge in [-0.2, -0.15) is 26.3 Å². The average Bonchev–Trinajstić information content (AvgIpc) is 2.41. The summed E-state index contributed by atoms with van der Waals surface area (Å²) in [5.74, 6) is 0.381. The Morgan fingerprint density at radius 3 is 1.88 bits per heavy atom. The van der Waals surface area contributed by atoms with E-state index >= 15 is 0 Å². The van der Waals surface area contributed by atoms with Crippen molar-refractivity contribution >= 4 is 22.6 Å². The van der Waals surface area contributed by atoms with Crippen LogP contribution in [0, 0.1) is 9.49 Å². The van der Waals surface area contributed by atoms with Gasteiger partial charge in [-0.25, -0.2) is 0 Å². The van der Waals surface area contributed by atoms with E-state index in [0.29, 0.717) is 11.5 Å². The first-order valence-corrected chi connectivity index (χ1v) is 8.49. The molecule has 0 fully saturated rings. The average molecular weight is 468 g/mol. The van der Waals surface area contributed by atoms with Crippen LogP contribution >= 0.6 is 22.6 Å². The van der Waals surface area contributed by atoms with Gasteiger partial charge in [0.25, 0.3) is 5.60 Å². The summed E-state index contributed by atoms with van der Waals surface area (Å²) in [6.07, 6.45) is -10.2. The maximum Gasteiger partial charge on any atom is 0.430 e. The molecular weight excluding hydrogens is 449 g/mol. The molecular formula is C16H19F6IO. The Morgan fingerprint density at radius 1 is 1.04 bits per heavy atom. The third-order valence-electron chi connectivity index (χ3n) is 3.92. The number of hydrogen-bond acceptors (Lipinski definition) is 1. The van der Waals surface area contributed by atoms with Gasteiger partial charge >= 0.3 is 12.4 Å². The van der Waals surface area contributed by atoms with Crippen LogP contribution < -0.4 is 0 Å². The molecule has 0 aromatic heterocycles. The van der Waals surface area contributed by atoms with E-state index in [1.165, 1.54) is 34.7 Å². The molecule has 0 aliphatic rings. The van der Waals surface area contributed by atoms with Gasteiger partial charge < -0.3 is 5.11 Å². The van der Waals surface area contributed by atoms with Crippen LogP contribution in [-0.2, 0) is 5.60 Å². The minimum atomic E-state index is -5.87. The molecule has 1 atom stereocenters. The Kier molecular flexibility index (Phi) is 6.63. The van der Waals surface area contributed by atoms with Crippen molar-refractivity contribution in [1.82, 2.24) is 0 Å². The number of halogens is 7. The second-order valence-electron chi connectivity index (χ2n) is 6.18. The first-order valence-electron chi connectivity index (χ1n) is 7.41. The largest absolute Gasteiger partial charge is 0.430 e. The van der Waals surface area contributed by atoms with Crippen molar-refractivity contribution in [3.05, 3.63) is 32.9 Å². The van der Waals surface area contributed by atoms with Gasteiger partial charge in [0.15, 0.2) is 0 Å². The Hall–Kier alpha value is -0.510. The van der Waals surface area contributed by atoms with Crippen LogP contribution in [0.1, 0.15) is 50.7 Å². The zero-order chi connectivity index (χ0) is 18.9. The zero-order valence-electron chi connectivity index (χ0n) is 13.4. The van der Waals surface area contributed by atoms with Gasteiger partial charge in [0.2, 0.25) is 0 Å². The smallest absolute Gasteiger partial charge is 0.369 e. The van der Waals surface area contributed by atoms with E-state index < -0.39 is 23.5 Å². The number of alkyl halides is 6. The monoisotopic (exact) mass is 468 g/mol. The van der Waals surface area contributed by atoms with Gasteiger partial charge in [0.1, 0.15) is 0 Å². The summed E-state index contributed by atoms with van der Waals surface area (Å²) in [4.78, 5) is 0. The molecule has 1 rings (SSSR count). The fraction of sp³-hybridized carbons (Fsp3) is 0.625. The van der Waals surface area contributed by atoms with Crippen LogP contribution in [-0.4, -0.2) is 17.5 Å². The maximum atomic E-state index is 13.0. The fourth-order valence-electron chi connectivity index (χ4n) is 2.65. The van der Waals surface area contributed by atoms with Gasteiger partial charge in [-0.05, 0) is 58.9 Å². The minimum absolute atomic E-state index is 0.0393. The number of rotatable bonds is 5.